The fourth-order valence-electron chi connectivity index (χ4n) is 3.36. The van der Waals surface area contributed by atoms with Crippen molar-refractivity contribution in [1.29, 1.82) is 0 Å². The standard InChI is InChI=1S/C20H21ClN4/c1-16-15-22-20(25(16)19-5-3-2-4-6-19)24-13-11-23(12-14-24)18-9-7-17(21)8-10-18/h2-10,15H,11-14H2,1H3. The van der Waals surface area contributed by atoms with E-state index in [4.69, 9.17) is 11.6 Å². The number of aromatic nitrogens is 2. The normalized spacial score (nSPS) is 14.8. The number of aryl methyl sites for hydroxylation is 1. The van der Waals surface area contributed by atoms with Gasteiger partial charge in [-0.3, -0.25) is 4.57 Å². The molecule has 1 fully saturated rings. The van der Waals surface area contributed by atoms with E-state index < -0.39 is 0 Å². The molecule has 5 heteroatoms. The molecule has 2 heterocycles. The molecular formula is C20H21ClN4. The molecule has 2 aromatic carbocycles. The SMILES string of the molecule is Cc1cnc(N2CCN(c3ccc(Cl)cc3)CC2)n1-c1ccccc1. The summed E-state index contributed by atoms with van der Waals surface area (Å²) >= 11 is 5.99. The second-order valence-electron chi connectivity index (χ2n) is 6.32. The largest absolute Gasteiger partial charge is 0.368 e. The molecule has 1 aliphatic heterocycles. The average molecular weight is 353 g/mol. The fourth-order valence-corrected chi connectivity index (χ4v) is 3.49. The van der Waals surface area contributed by atoms with Crippen molar-refractivity contribution in [3.8, 4) is 5.69 Å². The van der Waals surface area contributed by atoms with Gasteiger partial charge in [0.25, 0.3) is 0 Å². The van der Waals surface area contributed by atoms with Gasteiger partial charge >= 0.3 is 0 Å². The van der Waals surface area contributed by atoms with Gasteiger partial charge in [0.15, 0.2) is 0 Å². The van der Waals surface area contributed by atoms with Crippen molar-refractivity contribution >= 4 is 23.2 Å². The fraction of sp³-hybridized carbons (Fsp3) is 0.250. The third-order valence-corrected chi connectivity index (χ3v) is 4.94. The van der Waals surface area contributed by atoms with Crippen molar-refractivity contribution in [3.63, 3.8) is 0 Å². The van der Waals surface area contributed by atoms with Gasteiger partial charge in [-0.1, -0.05) is 29.8 Å². The molecule has 1 aromatic heterocycles. The Morgan fingerprint density at radius 3 is 2.12 bits per heavy atom. The van der Waals surface area contributed by atoms with Crippen molar-refractivity contribution < 1.29 is 0 Å². The first kappa shape index (κ1) is 16.0. The minimum absolute atomic E-state index is 0.780. The van der Waals surface area contributed by atoms with E-state index in [2.05, 4.69) is 62.7 Å². The lowest BCUT2D eigenvalue weighted by Crippen LogP contribution is -2.47. The molecule has 128 valence electrons. The first-order chi connectivity index (χ1) is 12.2. The quantitative estimate of drug-likeness (QED) is 0.707. The maximum atomic E-state index is 5.99. The van der Waals surface area contributed by atoms with E-state index in [1.165, 1.54) is 5.69 Å². The van der Waals surface area contributed by atoms with Crippen LogP contribution >= 0.6 is 11.6 Å². The van der Waals surface area contributed by atoms with Crippen LogP contribution in [0.15, 0.2) is 60.8 Å². The van der Waals surface area contributed by atoms with Gasteiger partial charge in [0.2, 0.25) is 5.95 Å². The Balaban J connectivity index is 1.53. The lowest BCUT2D eigenvalue weighted by atomic mass is 10.2. The second kappa shape index (κ2) is 6.81. The lowest BCUT2D eigenvalue weighted by Gasteiger charge is -2.37. The summed E-state index contributed by atoms with van der Waals surface area (Å²) in [7, 11) is 0. The average Bonchev–Trinajstić information content (AvgIpc) is 3.05. The maximum absolute atomic E-state index is 5.99. The van der Waals surface area contributed by atoms with Gasteiger partial charge in [-0.15, -0.1) is 0 Å². The highest BCUT2D eigenvalue weighted by atomic mass is 35.5. The molecule has 0 unspecified atom stereocenters. The van der Waals surface area contributed by atoms with Crippen LogP contribution in [0.4, 0.5) is 11.6 Å². The van der Waals surface area contributed by atoms with Gasteiger partial charge in [0.05, 0.1) is 6.20 Å². The summed E-state index contributed by atoms with van der Waals surface area (Å²) in [5, 5.41) is 0.780. The molecule has 0 bridgehead atoms. The predicted molar refractivity (Wildman–Crippen MR) is 104 cm³/mol. The molecule has 4 nitrogen and oxygen atoms in total. The molecule has 1 aliphatic rings. The number of imidazole rings is 1. The smallest absolute Gasteiger partial charge is 0.210 e. The van der Waals surface area contributed by atoms with Gasteiger partial charge in [-0.2, -0.15) is 0 Å². The van der Waals surface area contributed by atoms with E-state index in [1.807, 2.05) is 24.4 Å². The van der Waals surface area contributed by atoms with Crippen molar-refractivity contribution in [2.45, 2.75) is 6.92 Å². The van der Waals surface area contributed by atoms with E-state index in [-0.39, 0.29) is 0 Å². The first-order valence-corrected chi connectivity index (χ1v) is 8.95. The lowest BCUT2D eigenvalue weighted by molar-refractivity contribution is 0.636. The van der Waals surface area contributed by atoms with Crippen LogP contribution < -0.4 is 9.80 Å². The minimum Gasteiger partial charge on any atom is -0.368 e. The Bertz CT molecular complexity index is 834. The number of anilines is 2. The molecule has 4 rings (SSSR count). The summed E-state index contributed by atoms with van der Waals surface area (Å²) in [6.07, 6.45) is 1.95. The van der Waals surface area contributed by atoms with E-state index in [0.717, 1.165) is 48.5 Å². The Morgan fingerprint density at radius 1 is 0.800 bits per heavy atom. The third-order valence-electron chi connectivity index (χ3n) is 4.69. The van der Waals surface area contributed by atoms with Gasteiger partial charge in [-0.05, 0) is 43.3 Å². The number of hydrogen-bond donors (Lipinski definition) is 0. The van der Waals surface area contributed by atoms with Crippen molar-refractivity contribution in [3.05, 3.63) is 71.5 Å². The number of rotatable bonds is 3. The van der Waals surface area contributed by atoms with E-state index in [1.54, 1.807) is 0 Å². The molecule has 0 amide bonds. The van der Waals surface area contributed by atoms with E-state index in [0.29, 0.717) is 0 Å². The number of nitrogens with zero attached hydrogens (tertiary/aromatic N) is 4. The summed E-state index contributed by atoms with van der Waals surface area (Å²) in [6, 6.07) is 18.5. The predicted octanol–water partition coefficient (Wildman–Crippen LogP) is 4.16. The summed E-state index contributed by atoms with van der Waals surface area (Å²) in [4.78, 5) is 9.44. The Labute approximate surface area is 153 Å². The van der Waals surface area contributed by atoms with Crippen LogP contribution in [0.25, 0.3) is 5.69 Å². The minimum atomic E-state index is 0.780. The number of hydrogen-bond acceptors (Lipinski definition) is 3. The van der Waals surface area contributed by atoms with Crippen LogP contribution in [0.5, 0.6) is 0 Å². The molecule has 0 aliphatic carbocycles. The zero-order valence-electron chi connectivity index (χ0n) is 14.3. The van der Waals surface area contributed by atoms with Crippen LogP contribution in [0.3, 0.4) is 0 Å². The van der Waals surface area contributed by atoms with Crippen LogP contribution in [-0.2, 0) is 0 Å². The second-order valence-corrected chi connectivity index (χ2v) is 6.76. The molecule has 0 radical (unpaired) electrons. The number of halogens is 1. The van der Waals surface area contributed by atoms with Gasteiger partial charge < -0.3 is 9.80 Å². The van der Waals surface area contributed by atoms with Crippen LogP contribution in [0, 0.1) is 6.92 Å². The Hall–Kier alpha value is -2.46. The number of para-hydroxylation sites is 1. The van der Waals surface area contributed by atoms with Crippen molar-refractivity contribution in [2.24, 2.45) is 0 Å². The molecule has 1 saturated heterocycles. The summed E-state index contributed by atoms with van der Waals surface area (Å²) < 4.78 is 2.23. The Morgan fingerprint density at radius 2 is 1.44 bits per heavy atom. The monoisotopic (exact) mass is 352 g/mol. The highest BCUT2D eigenvalue weighted by Crippen LogP contribution is 2.24. The van der Waals surface area contributed by atoms with Gasteiger partial charge in [0, 0.05) is 48.3 Å². The molecule has 0 saturated carbocycles. The Kier molecular flexibility index (Phi) is 4.36. The summed E-state index contributed by atoms with van der Waals surface area (Å²) in [6.45, 7) is 5.95. The molecule has 0 N–H and O–H groups in total. The third kappa shape index (κ3) is 3.22. The molecular weight excluding hydrogens is 332 g/mol. The van der Waals surface area contributed by atoms with E-state index in [9.17, 15) is 0 Å². The molecule has 3 aromatic rings. The van der Waals surface area contributed by atoms with Crippen LogP contribution in [0.2, 0.25) is 5.02 Å². The summed E-state index contributed by atoms with van der Waals surface area (Å²) in [5.41, 5.74) is 3.54. The van der Waals surface area contributed by atoms with Gasteiger partial charge in [0.1, 0.15) is 0 Å². The van der Waals surface area contributed by atoms with Crippen molar-refractivity contribution in [1.82, 2.24) is 9.55 Å². The molecule has 0 atom stereocenters. The highest BCUT2D eigenvalue weighted by Gasteiger charge is 2.22. The number of piperazine rings is 1. The zero-order chi connectivity index (χ0) is 17.2. The highest BCUT2D eigenvalue weighted by molar-refractivity contribution is 6.30. The maximum Gasteiger partial charge on any atom is 0.210 e. The van der Waals surface area contributed by atoms with Crippen LogP contribution in [0.1, 0.15) is 5.69 Å². The van der Waals surface area contributed by atoms with Gasteiger partial charge in [-0.25, -0.2) is 4.98 Å². The molecule has 0 spiro atoms. The first-order valence-electron chi connectivity index (χ1n) is 8.57. The number of benzene rings is 2. The topological polar surface area (TPSA) is 24.3 Å². The molecule has 25 heavy (non-hydrogen) atoms. The van der Waals surface area contributed by atoms with Crippen molar-refractivity contribution in [2.75, 3.05) is 36.0 Å². The van der Waals surface area contributed by atoms with Crippen LogP contribution in [-0.4, -0.2) is 35.7 Å². The van der Waals surface area contributed by atoms with E-state index >= 15 is 0 Å². The summed E-state index contributed by atoms with van der Waals surface area (Å²) in [5.74, 6) is 1.03. The zero-order valence-corrected chi connectivity index (χ0v) is 15.0.